The summed E-state index contributed by atoms with van der Waals surface area (Å²) in [5.41, 5.74) is 2.75. The fraction of sp³-hybridized carbons (Fsp3) is 0.391. The zero-order valence-electron chi connectivity index (χ0n) is 19.4. The van der Waals surface area contributed by atoms with E-state index in [-0.39, 0.29) is 24.9 Å². The molecule has 2 aromatic heterocycles. The Labute approximate surface area is 201 Å². The Morgan fingerprint density at radius 2 is 1.91 bits per heavy atom. The second kappa shape index (κ2) is 11.3. The lowest BCUT2D eigenvalue weighted by Gasteiger charge is -2.10. The summed E-state index contributed by atoms with van der Waals surface area (Å²) in [6.07, 6.45) is 0. The number of carbonyl (C=O) groups is 2. The largest absolute Gasteiger partial charge is 0.486 e. The maximum absolute atomic E-state index is 12.5. The van der Waals surface area contributed by atoms with Gasteiger partial charge in [0.05, 0.1) is 17.9 Å². The average molecular weight is 489 g/mol. The number of aryl methyl sites for hydroxylation is 3. The summed E-state index contributed by atoms with van der Waals surface area (Å²) in [5.74, 6) is 0.933. The lowest BCUT2D eigenvalue weighted by Crippen LogP contribution is -2.16. The summed E-state index contributed by atoms with van der Waals surface area (Å²) in [7, 11) is 0. The quantitative estimate of drug-likeness (QED) is 0.324. The van der Waals surface area contributed by atoms with E-state index in [4.69, 9.17) is 9.47 Å². The van der Waals surface area contributed by atoms with Crippen LogP contribution in [0.3, 0.4) is 0 Å². The lowest BCUT2D eigenvalue weighted by atomic mass is 10.1. The highest BCUT2D eigenvalue weighted by Gasteiger charge is 2.19. The van der Waals surface area contributed by atoms with E-state index in [1.807, 2.05) is 43.5 Å². The van der Waals surface area contributed by atoms with Gasteiger partial charge in [-0.15, -0.1) is 21.5 Å². The third-order valence-electron chi connectivity index (χ3n) is 4.89. The minimum absolute atomic E-state index is 0.134. The SMILES string of the molecule is CCOC(=O)c1cc(C)sc1NC(=O)CSc1nnc(COc2ccc(C)c(C)c2)n1CC. The number of hydrogen-bond donors (Lipinski definition) is 1. The van der Waals surface area contributed by atoms with Gasteiger partial charge in [0, 0.05) is 11.4 Å². The first-order valence-corrected chi connectivity index (χ1v) is 12.4. The van der Waals surface area contributed by atoms with Gasteiger partial charge in [0.15, 0.2) is 11.0 Å². The molecule has 3 aromatic rings. The monoisotopic (exact) mass is 488 g/mol. The number of hydrogen-bond acceptors (Lipinski definition) is 8. The van der Waals surface area contributed by atoms with Crippen molar-refractivity contribution < 1.29 is 19.1 Å². The van der Waals surface area contributed by atoms with Crippen LogP contribution < -0.4 is 10.1 Å². The van der Waals surface area contributed by atoms with E-state index in [1.165, 1.54) is 34.2 Å². The first-order chi connectivity index (χ1) is 15.8. The van der Waals surface area contributed by atoms with Gasteiger partial charge in [-0.1, -0.05) is 17.8 Å². The summed E-state index contributed by atoms with van der Waals surface area (Å²) in [4.78, 5) is 25.6. The highest BCUT2D eigenvalue weighted by atomic mass is 32.2. The summed E-state index contributed by atoms with van der Waals surface area (Å²) in [6.45, 7) is 10.9. The Morgan fingerprint density at radius 1 is 1.12 bits per heavy atom. The molecule has 8 nitrogen and oxygen atoms in total. The molecule has 176 valence electrons. The summed E-state index contributed by atoms with van der Waals surface area (Å²) in [5, 5.41) is 12.4. The molecule has 0 bridgehead atoms. The molecule has 2 heterocycles. The van der Waals surface area contributed by atoms with E-state index in [0.717, 1.165) is 10.6 Å². The minimum atomic E-state index is -0.441. The highest BCUT2D eigenvalue weighted by Crippen LogP contribution is 2.29. The Bertz CT molecular complexity index is 1140. The maximum Gasteiger partial charge on any atom is 0.341 e. The third-order valence-corrected chi connectivity index (χ3v) is 6.82. The maximum atomic E-state index is 12.5. The minimum Gasteiger partial charge on any atom is -0.486 e. The zero-order chi connectivity index (χ0) is 24.0. The molecule has 0 atom stereocenters. The van der Waals surface area contributed by atoms with E-state index < -0.39 is 5.97 Å². The second-order valence-corrected chi connectivity index (χ2v) is 9.53. The molecule has 0 aliphatic rings. The van der Waals surface area contributed by atoms with Crippen molar-refractivity contribution in [1.29, 1.82) is 0 Å². The van der Waals surface area contributed by atoms with Gasteiger partial charge in [-0.3, -0.25) is 4.79 Å². The molecule has 33 heavy (non-hydrogen) atoms. The van der Waals surface area contributed by atoms with E-state index in [1.54, 1.807) is 13.0 Å². The third kappa shape index (κ3) is 6.35. The van der Waals surface area contributed by atoms with Crippen molar-refractivity contribution in [2.45, 2.75) is 52.9 Å². The van der Waals surface area contributed by atoms with Crippen LogP contribution in [0, 0.1) is 20.8 Å². The standard InChI is InChI=1S/C23H28N4O4S2/c1-6-27-19(12-31-17-9-8-14(3)15(4)10-17)25-26-23(27)32-13-20(28)24-21-18(11-16(5)33-21)22(29)30-7-2/h8-11H,6-7,12-13H2,1-5H3,(H,24,28). The zero-order valence-corrected chi connectivity index (χ0v) is 21.1. The number of benzene rings is 1. The molecule has 1 N–H and O–H groups in total. The van der Waals surface area contributed by atoms with Crippen molar-refractivity contribution in [3.63, 3.8) is 0 Å². The van der Waals surface area contributed by atoms with Crippen LogP contribution in [-0.4, -0.2) is 39.0 Å². The summed E-state index contributed by atoms with van der Waals surface area (Å²) >= 11 is 2.63. The van der Waals surface area contributed by atoms with Crippen molar-refractivity contribution in [2.24, 2.45) is 0 Å². The van der Waals surface area contributed by atoms with E-state index >= 15 is 0 Å². The molecule has 3 rings (SSSR count). The smallest absolute Gasteiger partial charge is 0.341 e. The van der Waals surface area contributed by atoms with E-state index in [2.05, 4.69) is 22.4 Å². The van der Waals surface area contributed by atoms with Crippen molar-refractivity contribution in [2.75, 3.05) is 17.7 Å². The molecule has 0 aliphatic carbocycles. The number of nitrogens with zero attached hydrogens (tertiary/aromatic N) is 3. The fourth-order valence-corrected chi connectivity index (χ4v) is 4.80. The number of esters is 1. The van der Waals surface area contributed by atoms with Gasteiger partial charge in [-0.2, -0.15) is 0 Å². The van der Waals surface area contributed by atoms with Crippen LogP contribution in [0.5, 0.6) is 5.75 Å². The Kier molecular flexibility index (Phi) is 8.51. The average Bonchev–Trinajstić information content (AvgIpc) is 3.35. The normalized spacial score (nSPS) is 10.8. The van der Waals surface area contributed by atoms with Crippen LogP contribution in [0.1, 0.15) is 46.0 Å². The summed E-state index contributed by atoms with van der Waals surface area (Å²) < 4.78 is 12.9. The first kappa shape index (κ1) is 24.8. The van der Waals surface area contributed by atoms with Gasteiger partial charge in [0.1, 0.15) is 17.4 Å². The van der Waals surface area contributed by atoms with Gasteiger partial charge in [-0.25, -0.2) is 4.79 Å². The van der Waals surface area contributed by atoms with E-state index in [0.29, 0.717) is 28.1 Å². The second-order valence-electron chi connectivity index (χ2n) is 7.33. The molecule has 1 amide bonds. The van der Waals surface area contributed by atoms with Crippen LogP contribution in [0.2, 0.25) is 0 Å². The molecule has 0 spiro atoms. The van der Waals surface area contributed by atoms with Crippen molar-refractivity contribution in [1.82, 2.24) is 14.8 Å². The number of aromatic nitrogens is 3. The molecular formula is C23H28N4O4S2. The van der Waals surface area contributed by atoms with Gasteiger partial charge in [-0.05, 0) is 63.9 Å². The number of anilines is 1. The van der Waals surface area contributed by atoms with Crippen LogP contribution in [0.15, 0.2) is 29.4 Å². The van der Waals surface area contributed by atoms with Gasteiger partial charge < -0.3 is 19.4 Å². The van der Waals surface area contributed by atoms with Gasteiger partial charge >= 0.3 is 5.97 Å². The number of amides is 1. The molecule has 1 aromatic carbocycles. The van der Waals surface area contributed by atoms with Crippen LogP contribution in [-0.2, 0) is 22.7 Å². The molecule has 0 unspecified atom stereocenters. The van der Waals surface area contributed by atoms with Crippen LogP contribution >= 0.6 is 23.1 Å². The van der Waals surface area contributed by atoms with Crippen LogP contribution in [0.4, 0.5) is 5.00 Å². The number of ether oxygens (including phenoxy) is 2. The number of carbonyl (C=O) groups excluding carboxylic acids is 2. The molecule has 0 fully saturated rings. The van der Waals surface area contributed by atoms with Crippen LogP contribution in [0.25, 0.3) is 0 Å². The highest BCUT2D eigenvalue weighted by molar-refractivity contribution is 7.99. The molecule has 0 aliphatic heterocycles. The molecule has 0 saturated carbocycles. The predicted octanol–water partition coefficient (Wildman–Crippen LogP) is 4.77. The Balaban J connectivity index is 1.60. The fourth-order valence-electron chi connectivity index (χ4n) is 3.06. The first-order valence-electron chi connectivity index (χ1n) is 10.6. The molecule has 10 heteroatoms. The van der Waals surface area contributed by atoms with Crippen molar-refractivity contribution >= 4 is 40.0 Å². The molecule has 0 radical (unpaired) electrons. The van der Waals surface area contributed by atoms with Gasteiger partial charge in [0.2, 0.25) is 5.91 Å². The van der Waals surface area contributed by atoms with E-state index in [9.17, 15) is 9.59 Å². The van der Waals surface area contributed by atoms with Gasteiger partial charge in [0.25, 0.3) is 0 Å². The Hall–Kier alpha value is -2.85. The lowest BCUT2D eigenvalue weighted by molar-refractivity contribution is -0.113. The van der Waals surface area contributed by atoms with Crippen molar-refractivity contribution in [3.8, 4) is 5.75 Å². The topological polar surface area (TPSA) is 95.3 Å². The number of thiophene rings is 1. The number of thioether (sulfide) groups is 1. The molecule has 0 saturated heterocycles. The molecular weight excluding hydrogens is 460 g/mol. The Morgan fingerprint density at radius 3 is 2.61 bits per heavy atom. The summed E-state index contributed by atoms with van der Waals surface area (Å²) in [6, 6.07) is 7.68. The van der Waals surface area contributed by atoms with Crippen molar-refractivity contribution in [3.05, 3.63) is 51.7 Å². The number of nitrogens with one attached hydrogen (secondary N) is 1. The predicted molar refractivity (Wildman–Crippen MR) is 130 cm³/mol. The number of rotatable bonds is 10.